The average Bonchev–Trinajstić information content (AvgIpc) is 3.44. The number of nitrogens with zero attached hydrogens (tertiary/aromatic N) is 4. The summed E-state index contributed by atoms with van der Waals surface area (Å²) < 4.78 is 30.2. The van der Waals surface area contributed by atoms with Crippen LogP contribution >= 0.6 is 0 Å². The Morgan fingerprint density at radius 1 is 0.971 bits per heavy atom. The third-order valence-electron chi connectivity index (χ3n) is 6.69. The van der Waals surface area contributed by atoms with E-state index in [1.807, 2.05) is 30.1 Å². The highest BCUT2D eigenvalue weighted by Gasteiger charge is 2.29. The maximum Gasteiger partial charge on any atom is 0.264 e. The first kappa shape index (κ1) is 23.2. The zero-order valence-electron chi connectivity index (χ0n) is 20.4. The van der Waals surface area contributed by atoms with E-state index in [1.165, 1.54) is 34.6 Å². The normalized spacial score (nSPS) is 15.7. The van der Waals surface area contributed by atoms with E-state index in [0.717, 1.165) is 24.1 Å². The molecule has 0 fully saturated rings. The van der Waals surface area contributed by atoms with Gasteiger partial charge in [-0.3, -0.25) is 4.68 Å². The minimum atomic E-state index is -3.77. The molecule has 0 radical (unpaired) electrons. The van der Waals surface area contributed by atoms with Gasteiger partial charge in [-0.25, -0.2) is 23.1 Å². The zero-order valence-corrected chi connectivity index (χ0v) is 21.2. The van der Waals surface area contributed by atoms with E-state index in [4.69, 9.17) is 0 Å². The molecule has 4 aromatic rings. The summed E-state index contributed by atoms with van der Waals surface area (Å²) in [5.41, 5.74) is 7.02. The summed E-state index contributed by atoms with van der Waals surface area (Å²) in [5.74, 6) is 0.247. The lowest BCUT2D eigenvalue weighted by atomic mass is 9.81. The number of rotatable bonds is 5. The molecule has 0 saturated carbocycles. The third kappa shape index (κ3) is 4.46. The van der Waals surface area contributed by atoms with Crippen LogP contribution in [0.3, 0.4) is 0 Å². The van der Waals surface area contributed by atoms with Crippen molar-refractivity contribution in [1.82, 2.24) is 19.7 Å². The molecule has 2 aromatic carbocycles. The number of fused-ring (bicyclic) bond motifs is 1. The van der Waals surface area contributed by atoms with Crippen LogP contribution in [0.25, 0.3) is 11.3 Å². The molecule has 0 aliphatic heterocycles. The molecule has 7 nitrogen and oxygen atoms in total. The SMILES string of the molecule is Cn1nccc1-c1cc(C(C)(C)C)ccc1C1CCc2cc(S(=O)(=O)Nc3ncccn3)ccc21. The van der Waals surface area contributed by atoms with Crippen molar-refractivity contribution in [3.8, 4) is 11.3 Å². The fraction of sp³-hybridized carbons (Fsp3) is 0.296. The molecule has 0 bridgehead atoms. The Morgan fingerprint density at radius 2 is 1.71 bits per heavy atom. The predicted molar refractivity (Wildman–Crippen MR) is 137 cm³/mol. The van der Waals surface area contributed by atoms with Crippen molar-refractivity contribution in [3.05, 3.63) is 89.4 Å². The highest BCUT2D eigenvalue weighted by Crippen LogP contribution is 2.43. The molecular formula is C27H29N5O2S. The second kappa shape index (κ2) is 8.61. The van der Waals surface area contributed by atoms with Crippen LogP contribution in [0, 0.1) is 0 Å². The van der Waals surface area contributed by atoms with E-state index in [9.17, 15) is 8.42 Å². The van der Waals surface area contributed by atoms with Gasteiger partial charge >= 0.3 is 0 Å². The average molecular weight is 488 g/mol. The second-order valence-corrected chi connectivity index (χ2v) is 11.7. The van der Waals surface area contributed by atoms with Crippen LogP contribution in [0.15, 0.2) is 72.0 Å². The van der Waals surface area contributed by atoms with E-state index in [1.54, 1.807) is 18.2 Å². The summed E-state index contributed by atoms with van der Waals surface area (Å²) in [6.45, 7) is 6.66. The molecule has 2 aromatic heterocycles. The Balaban J connectivity index is 1.53. The van der Waals surface area contributed by atoms with Gasteiger partial charge in [-0.2, -0.15) is 5.10 Å². The number of aryl methyl sites for hydroxylation is 2. The highest BCUT2D eigenvalue weighted by molar-refractivity contribution is 7.92. The smallest absolute Gasteiger partial charge is 0.264 e. The minimum absolute atomic E-state index is 0.0260. The van der Waals surface area contributed by atoms with Gasteiger partial charge in [-0.15, -0.1) is 0 Å². The number of nitrogens with one attached hydrogen (secondary N) is 1. The van der Waals surface area contributed by atoms with Gasteiger partial charge in [0.05, 0.1) is 10.6 Å². The van der Waals surface area contributed by atoms with Crippen LogP contribution in [0.1, 0.15) is 55.4 Å². The first-order valence-corrected chi connectivity index (χ1v) is 13.2. The summed E-state index contributed by atoms with van der Waals surface area (Å²) in [5, 5.41) is 4.40. The van der Waals surface area contributed by atoms with Gasteiger partial charge in [0, 0.05) is 37.1 Å². The Kier molecular flexibility index (Phi) is 5.71. The molecule has 1 aliphatic rings. The molecule has 0 amide bonds. The quantitative estimate of drug-likeness (QED) is 0.425. The maximum absolute atomic E-state index is 12.9. The molecule has 5 rings (SSSR count). The largest absolute Gasteiger partial charge is 0.268 e. The molecule has 2 heterocycles. The molecule has 1 N–H and O–H groups in total. The van der Waals surface area contributed by atoms with Crippen molar-refractivity contribution >= 4 is 16.0 Å². The number of anilines is 1. The van der Waals surface area contributed by atoms with Crippen LogP contribution in [0.5, 0.6) is 0 Å². The predicted octanol–water partition coefficient (Wildman–Crippen LogP) is 5.05. The molecule has 1 unspecified atom stereocenters. The van der Waals surface area contributed by atoms with Crippen LogP contribution in [0.2, 0.25) is 0 Å². The minimum Gasteiger partial charge on any atom is -0.268 e. The number of aromatic nitrogens is 4. The molecule has 1 atom stereocenters. The van der Waals surface area contributed by atoms with Gasteiger partial charge < -0.3 is 0 Å². The molecule has 1 aliphatic carbocycles. The van der Waals surface area contributed by atoms with Crippen LogP contribution < -0.4 is 4.72 Å². The fourth-order valence-electron chi connectivity index (χ4n) is 4.80. The Hall–Kier alpha value is -3.52. The topological polar surface area (TPSA) is 89.8 Å². The molecule has 0 spiro atoms. The zero-order chi connectivity index (χ0) is 24.8. The molecule has 35 heavy (non-hydrogen) atoms. The van der Waals surface area contributed by atoms with Crippen LogP contribution in [0.4, 0.5) is 5.95 Å². The summed E-state index contributed by atoms with van der Waals surface area (Å²) in [7, 11) is -1.81. The van der Waals surface area contributed by atoms with Crippen LogP contribution in [-0.4, -0.2) is 28.2 Å². The van der Waals surface area contributed by atoms with Crippen molar-refractivity contribution in [2.75, 3.05) is 4.72 Å². The van der Waals surface area contributed by atoms with E-state index < -0.39 is 10.0 Å². The fourth-order valence-corrected chi connectivity index (χ4v) is 5.81. The van der Waals surface area contributed by atoms with Gasteiger partial charge in [0.2, 0.25) is 5.95 Å². The Bertz CT molecular complexity index is 1490. The second-order valence-electron chi connectivity index (χ2n) is 10.0. The monoisotopic (exact) mass is 487 g/mol. The summed E-state index contributed by atoms with van der Waals surface area (Å²) in [4.78, 5) is 8.16. The standard InChI is InChI=1S/C27H29N5O2S/c1-27(2,3)19-7-10-23(24(17-19)25-12-15-30-32(25)4)22-9-6-18-16-20(8-11-21(18)22)35(33,34)31-26-28-13-5-14-29-26/h5,7-8,10-17,22H,6,9H2,1-4H3,(H,28,29,31). The van der Waals surface area contributed by atoms with E-state index >= 15 is 0 Å². The van der Waals surface area contributed by atoms with Crippen molar-refractivity contribution in [2.45, 2.75) is 49.8 Å². The molecule has 8 heteroatoms. The van der Waals surface area contributed by atoms with Crippen molar-refractivity contribution in [3.63, 3.8) is 0 Å². The summed E-state index contributed by atoms with van der Waals surface area (Å²) in [6, 6.07) is 15.8. The first-order valence-electron chi connectivity index (χ1n) is 11.7. The van der Waals surface area contributed by atoms with Gasteiger partial charge in [-0.05, 0) is 70.8 Å². The Labute approximate surface area is 206 Å². The van der Waals surface area contributed by atoms with Crippen LogP contribution in [-0.2, 0) is 28.9 Å². The van der Waals surface area contributed by atoms with Crippen molar-refractivity contribution < 1.29 is 8.42 Å². The summed E-state index contributed by atoms with van der Waals surface area (Å²) >= 11 is 0. The lowest BCUT2D eigenvalue weighted by Gasteiger charge is -2.24. The van der Waals surface area contributed by atoms with E-state index in [-0.39, 0.29) is 22.2 Å². The summed E-state index contributed by atoms with van der Waals surface area (Å²) in [6.07, 6.45) is 6.57. The highest BCUT2D eigenvalue weighted by atomic mass is 32.2. The lowest BCUT2D eigenvalue weighted by molar-refractivity contribution is 0.589. The number of sulfonamides is 1. The van der Waals surface area contributed by atoms with Crippen molar-refractivity contribution in [1.29, 1.82) is 0 Å². The first-order chi connectivity index (χ1) is 16.6. The van der Waals surface area contributed by atoms with Crippen molar-refractivity contribution in [2.24, 2.45) is 7.05 Å². The van der Waals surface area contributed by atoms with E-state index in [0.29, 0.717) is 0 Å². The van der Waals surface area contributed by atoms with Gasteiger partial charge in [0.1, 0.15) is 0 Å². The Morgan fingerprint density at radius 3 is 2.40 bits per heavy atom. The van der Waals surface area contributed by atoms with Gasteiger partial charge in [0.25, 0.3) is 10.0 Å². The lowest BCUT2D eigenvalue weighted by Crippen LogP contribution is -2.15. The molecule has 180 valence electrons. The molecule has 0 saturated heterocycles. The van der Waals surface area contributed by atoms with E-state index in [2.05, 4.69) is 58.8 Å². The molecular weight excluding hydrogens is 458 g/mol. The van der Waals surface area contributed by atoms with Gasteiger partial charge in [-0.1, -0.05) is 39.0 Å². The number of benzene rings is 2. The number of hydrogen-bond donors (Lipinski definition) is 1. The van der Waals surface area contributed by atoms with Gasteiger partial charge in [0.15, 0.2) is 0 Å². The number of hydrogen-bond acceptors (Lipinski definition) is 5. The third-order valence-corrected chi connectivity index (χ3v) is 8.01. The maximum atomic E-state index is 12.9.